The molecule has 0 aromatic rings. The predicted molar refractivity (Wildman–Crippen MR) is 161 cm³/mol. The zero-order valence-corrected chi connectivity index (χ0v) is 25.6. The highest BCUT2D eigenvalue weighted by Crippen LogP contribution is 2.02. The van der Waals surface area contributed by atoms with E-state index >= 15 is 0 Å². The van der Waals surface area contributed by atoms with E-state index in [1.165, 1.54) is 24.6 Å². The molecule has 4 N–H and O–H groups in total. The fourth-order valence-electron chi connectivity index (χ4n) is 1.89. The van der Waals surface area contributed by atoms with Crippen LogP contribution >= 0.6 is 58.8 Å². The third-order valence-electron chi connectivity index (χ3n) is 3.49. The molecule has 0 saturated heterocycles. The van der Waals surface area contributed by atoms with Gasteiger partial charge in [-0.05, 0) is 0 Å². The maximum Gasteiger partial charge on any atom is 0.408 e. The van der Waals surface area contributed by atoms with Gasteiger partial charge in [-0.2, -0.15) is 45.1 Å². The first-order valence-electron chi connectivity index (χ1n) is 11.7. The third-order valence-corrected chi connectivity index (χ3v) is 7.24. The molecule has 2 amide bonds. The Morgan fingerprint density at radius 2 is 1.18 bits per heavy atom. The number of carbonyl (C=O) groups excluding carboxylic acids is 2. The molecule has 0 saturated carbocycles. The number of hydrogen-bond donors (Lipinski definition) is 4. The summed E-state index contributed by atoms with van der Waals surface area (Å²) < 4.78 is 9.90. The van der Waals surface area contributed by atoms with E-state index < -0.39 is 12.2 Å². The number of aliphatic imine (C=N–C) groups is 2. The minimum Gasteiger partial charge on any atom is -0.449 e. The van der Waals surface area contributed by atoms with Crippen LogP contribution in [0.4, 0.5) is 9.59 Å². The highest BCUT2D eigenvalue weighted by atomic mass is 32.2. The molecule has 0 unspecified atom stereocenters. The van der Waals surface area contributed by atoms with Crippen LogP contribution in [0.2, 0.25) is 0 Å². The largest absolute Gasteiger partial charge is 0.449 e. The van der Waals surface area contributed by atoms with Gasteiger partial charge in [-0.15, -0.1) is 11.8 Å². The second kappa shape index (κ2) is 33.3. The molecular formula is C20H38N4O10S5. The van der Waals surface area contributed by atoms with Gasteiger partial charge in [-0.25, -0.2) is 9.59 Å². The Bertz CT molecular complexity index is 629. The van der Waals surface area contributed by atoms with Crippen molar-refractivity contribution in [3.8, 4) is 0 Å². The summed E-state index contributed by atoms with van der Waals surface area (Å²) in [5.74, 6) is 4.59. The fraction of sp³-hybridized carbons (Fsp3) is 0.800. The predicted octanol–water partition coefficient (Wildman–Crippen LogP) is 1.87. The average Bonchev–Trinajstić information content (AvgIpc) is 2.93. The van der Waals surface area contributed by atoms with Crippen molar-refractivity contribution in [2.24, 2.45) is 9.98 Å². The van der Waals surface area contributed by atoms with E-state index in [1.54, 1.807) is 35.3 Å². The fourth-order valence-corrected chi connectivity index (χ4v) is 4.31. The molecule has 39 heavy (non-hydrogen) atoms. The van der Waals surface area contributed by atoms with Crippen LogP contribution < -0.4 is 10.6 Å². The molecule has 0 aromatic heterocycles. The number of nitrogens with zero attached hydrogens (tertiary/aromatic N) is 2. The second-order valence-corrected chi connectivity index (χ2v) is 11.8. The number of aliphatic hydroxyl groups excluding tert-OH is 2. The minimum atomic E-state index is -0.498. The van der Waals surface area contributed by atoms with Crippen LogP contribution in [0, 0.1) is 0 Å². The summed E-state index contributed by atoms with van der Waals surface area (Å²) in [5.41, 5.74) is 0. The summed E-state index contributed by atoms with van der Waals surface area (Å²) in [6, 6.07) is 0. The molecule has 0 aliphatic rings. The number of rotatable bonds is 28. The lowest BCUT2D eigenvalue weighted by Crippen LogP contribution is -2.27. The van der Waals surface area contributed by atoms with Gasteiger partial charge in [0.15, 0.2) is 0 Å². The monoisotopic (exact) mass is 654 g/mol. The quantitative estimate of drug-likeness (QED) is 0.0240. The molecule has 0 atom stereocenters. The minimum absolute atomic E-state index is 0.0273. The van der Waals surface area contributed by atoms with Gasteiger partial charge in [-0.1, -0.05) is 11.8 Å². The highest BCUT2D eigenvalue weighted by Gasteiger charge is 2.01. The van der Waals surface area contributed by atoms with Gasteiger partial charge in [0.1, 0.15) is 25.1 Å². The van der Waals surface area contributed by atoms with Crippen LogP contribution in [-0.4, -0.2) is 133 Å². The molecule has 0 radical (unpaired) electrons. The van der Waals surface area contributed by atoms with E-state index in [2.05, 4.69) is 25.5 Å². The Morgan fingerprint density at radius 1 is 0.641 bits per heavy atom. The lowest BCUT2D eigenvalue weighted by Gasteiger charge is -2.06. The lowest BCUT2D eigenvalue weighted by atomic mass is 10.7. The first-order valence-corrected chi connectivity index (χ1v) is 17.4. The molecule has 0 spiro atoms. The average molecular weight is 655 g/mol. The first kappa shape index (κ1) is 38.1. The molecule has 0 bridgehead atoms. The molecule has 0 rings (SSSR count). The Labute approximate surface area is 250 Å². The van der Waals surface area contributed by atoms with E-state index in [9.17, 15) is 9.59 Å². The number of carbonyl (C=O) groups is 2. The molecule has 0 aliphatic heterocycles. The number of ether oxygens (including phenoxy) is 2. The number of aliphatic hydroxyl groups is 2. The van der Waals surface area contributed by atoms with E-state index in [0.29, 0.717) is 50.9 Å². The van der Waals surface area contributed by atoms with Gasteiger partial charge >= 0.3 is 12.2 Å². The smallest absolute Gasteiger partial charge is 0.408 e. The van der Waals surface area contributed by atoms with Crippen molar-refractivity contribution in [2.75, 3.05) is 97.7 Å². The van der Waals surface area contributed by atoms with Crippen LogP contribution in [0.15, 0.2) is 9.98 Å². The van der Waals surface area contributed by atoms with Gasteiger partial charge in [0.25, 0.3) is 0 Å². The number of hydrogen-bond acceptors (Lipinski definition) is 17. The van der Waals surface area contributed by atoms with E-state index in [1.807, 2.05) is 0 Å². The highest BCUT2D eigenvalue weighted by molar-refractivity contribution is 8.00. The summed E-state index contributed by atoms with van der Waals surface area (Å²) in [4.78, 5) is 50.2. The standard InChI is InChI=1S/C20H38N4O10S5/c25-15-38-17-30-20(28)24-4-10-36-7-1-21-13-32-31-6-12-37-11-5-29-19(27)23-3-9-35-8-2-22-14-33-34-18-39-16-26/h13-14,25-26H,1-12,15-18H2,(H,23,27)(H,24,28)/b21-13-,22-14-. The SMILES string of the molecule is O=C(NCCSCC/N=C\OOCSCO)OCCSCCOO/C=N\CCSCCNC(=O)OCSCO. The topological polar surface area (TPSA) is 179 Å². The van der Waals surface area contributed by atoms with Gasteiger partial charge < -0.3 is 40.1 Å². The van der Waals surface area contributed by atoms with Crippen molar-refractivity contribution >= 4 is 83.8 Å². The van der Waals surface area contributed by atoms with Crippen LogP contribution in [0.1, 0.15) is 0 Å². The van der Waals surface area contributed by atoms with Gasteiger partial charge in [0, 0.05) is 47.6 Å². The van der Waals surface area contributed by atoms with Gasteiger partial charge in [0.2, 0.25) is 12.8 Å². The summed E-state index contributed by atoms with van der Waals surface area (Å²) >= 11 is 7.12. The molecule has 0 heterocycles. The maximum absolute atomic E-state index is 11.6. The number of thioether (sulfide) groups is 5. The molecular weight excluding hydrogens is 617 g/mol. The second-order valence-electron chi connectivity index (χ2n) is 6.32. The van der Waals surface area contributed by atoms with Gasteiger partial charge in [-0.3, -0.25) is 9.98 Å². The van der Waals surface area contributed by atoms with Crippen LogP contribution in [0.25, 0.3) is 0 Å². The molecule has 19 heteroatoms. The third kappa shape index (κ3) is 33.2. The molecule has 0 aromatic carbocycles. The molecule has 0 fully saturated rings. The van der Waals surface area contributed by atoms with Crippen molar-refractivity contribution in [3.63, 3.8) is 0 Å². The molecule has 0 aliphatic carbocycles. The lowest BCUT2D eigenvalue weighted by molar-refractivity contribution is -0.210. The number of amides is 2. The normalized spacial score (nSPS) is 11.1. The Kier molecular flexibility index (Phi) is 32.5. The first-order chi connectivity index (χ1) is 19.2. The zero-order chi connectivity index (χ0) is 28.5. The number of alkyl carbamates (subject to hydrolysis) is 2. The van der Waals surface area contributed by atoms with Crippen LogP contribution in [0.5, 0.6) is 0 Å². The van der Waals surface area contributed by atoms with E-state index in [0.717, 1.165) is 34.8 Å². The van der Waals surface area contributed by atoms with Crippen molar-refractivity contribution in [1.29, 1.82) is 0 Å². The Morgan fingerprint density at radius 3 is 1.82 bits per heavy atom. The van der Waals surface area contributed by atoms with Crippen molar-refractivity contribution < 1.29 is 48.8 Å². The maximum atomic E-state index is 11.6. The number of nitrogens with one attached hydrogen (secondary N) is 2. The summed E-state index contributed by atoms with van der Waals surface area (Å²) in [6.07, 6.45) is 1.53. The summed E-state index contributed by atoms with van der Waals surface area (Å²) in [7, 11) is 0. The molecule has 228 valence electrons. The van der Waals surface area contributed by atoms with E-state index in [4.69, 9.17) is 34.3 Å². The van der Waals surface area contributed by atoms with Crippen molar-refractivity contribution in [1.82, 2.24) is 10.6 Å². The summed E-state index contributed by atoms with van der Waals surface area (Å²) in [6.45, 7) is 2.80. The Balaban J connectivity index is 3.28. The van der Waals surface area contributed by atoms with Crippen molar-refractivity contribution in [2.45, 2.75) is 0 Å². The van der Waals surface area contributed by atoms with Crippen LogP contribution in [0.3, 0.4) is 0 Å². The van der Waals surface area contributed by atoms with Crippen molar-refractivity contribution in [3.05, 3.63) is 0 Å². The van der Waals surface area contributed by atoms with E-state index in [-0.39, 0.29) is 23.8 Å². The van der Waals surface area contributed by atoms with Crippen LogP contribution in [-0.2, 0) is 29.0 Å². The Hall–Kier alpha value is -0.930. The van der Waals surface area contributed by atoms with Gasteiger partial charge in [0.05, 0.1) is 25.0 Å². The zero-order valence-electron chi connectivity index (χ0n) is 21.6. The summed E-state index contributed by atoms with van der Waals surface area (Å²) in [5, 5.41) is 22.4. The molecule has 14 nitrogen and oxygen atoms in total.